The van der Waals surface area contributed by atoms with Gasteiger partial charge in [0, 0.05) is 29.8 Å². The van der Waals surface area contributed by atoms with Gasteiger partial charge in [0.15, 0.2) is 0 Å². The molecule has 0 bridgehead atoms. The Kier molecular flexibility index (Phi) is 5.82. The fourth-order valence-electron chi connectivity index (χ4n) is 1.56. The standard InChI is InChI=1S/C13H20N2O3S/c1-13(2,10-5-4-8-19-10)9-15-12(18)14-7-3-6-11(16)17/h4-5,8H,3,6-7,9H2,1-2H3,(H,16,17)(H2,14,15,18). The SMILES string of the molecule is CC(C)(CNC(=O)NCCCC(=O)O)c1cccs1. The fraction of sp³-hybridized carbons (Fsp3) is 0.538. The number of urea groups is 1. The second-order valence-electron chi connectivity index (χ2n) is 4.97. The van der Waals surface area contributed by atoms with Crippen LogP contribution in [0.1, 0.15) is 31.6 Å². The van der Waals surface area contributed by atoms with E-state index in [2.05, 4.69) is 30.5 Å². The van der Waals surface area contributed by atoms with E-state index in [0.717, 1.165) is 0 Å². The molecule has 0 atom stereocenters. The highest BCUT2D eigenvalue weighted by Gasteiger charge is 2.22. The zero-order valence-electron chi connectivity index (χ0n) is 11.2. The number of aliphatic carboxylic acids is 1. The molecule has 106 valence electrons. The van der Waals surface area contributed by atoms with Gasteiger partial charge in [-0.05, 0) is 17.9 Å². The second kappa shape index (κ2) is 7.13. The van der Waals surface area contributed by atoms with E-state index in [0.29, 0.717) is 19.5 Å². The van der Waals surface area contributed by atoms with Crippen molar-refractivity contribution in [3.8, 4) is 0 Å². The van der Waals surface area contributed by atoms with Crippen molar-refractivity contribution in [2.75, 3.05) is 13.1 Å². The number of thiophene rings is 1. The summed E-state index contributed by atoms with van der Waals surface area (Å²) in [5, 5.41) is 15.9. The van der Waals surface area contributed by atoms with Crippen LogP contribution in [0.4, 0.5) is 4.79 Å². The summed E-state index contributed by atoms with van der Waals surface area (Å²) in [6.07, 6.45) is 0.512. The van der Waals surface area contributed by atoms with Crippen molar-refractivity contribution >= 4 is 23.3 Å². The molecular weight excluding hydrogens is 264 g/mol. The van der Waals surface area contributed by atoms with E-state index in [9.17, 15) is 9.59 Å². The number of hydrogen-bond donors (Lipinski definition) is 3. The molecule has 0 aliphatic heterocycles. The lowest BCUT2D eigenvalue weighted by atomic mass is 9.91. The molecule has 0 aliphatic rings. The number of rotatable bonds is 7. The Morgan fingerprint density at radius 3 is 2.68 bits per heavy atom. The topological polar surface area (TPSA) is 78.4 Å². The van der Waals surface area contributed by atoms with Gasteiger partial charge in [0.1, 0.15) is 0 Å². The average molecular weight is 284 g/mol. The number of nitrogens with one attached hydrogen (secondary N) is 2. The number of hydrogen-bond acceptors (Lipinski definition) is 3. The van der Waals surface area contributed by atoms with Crippen LogP contribution in [0.5, 0.6) is 0 Å². The third kappa shape index (κ3) is 5.74. The molecular formula is C13H20N2O3S. The van der Waals surface area contributed by atoms with Crippen LogP contribution in [-0.2, 0) is 10.2 Å². The molecule has 1 aromatic heterocycles. The van der Waals surface area contributed by atoms with Crippen molar-refractivity contribution in [3.63, 3.8) is 0 Å². The smallest absolute Gasteiger partial charge is 0.314 e. The minimum atomic E-state index is -0.846. The fourth-order valence-corrected chi connectivity index (χ4v) is 2.41. The maximum atomic E-state index is 11.5. The van der Waals surface area contributed by atoms with Crippen molar-refractivity contribution in [2.45, 2.75) is 32.1 Å². The highest BCUT2D eigenvalue weighted by Crippen LogP contribution is 2.26. The number of carbonyl (C=O) groups excluding carboxylic acids is 1. The highest BCUT2D eigenvalue weighted by molar-refractivity contribution is 7.10. The van der Waals surface area contributed by atoms with Gasteiger partial charge in [0.05, 0.1) is 0 Å². The van der Waals surface area contributed by atoms with E-state index in [4.69, 9.17) is 5.11 Å². The lowest BCUT2D eigenvalue weighted by Gasteiger charge is -2.23. The summed E-state index contributed by atoms with van der Waals surface area (Å²) in [6, 6.07) is 3.79. The first-order chi connectivity index (χ1) is 8.92. The monoisotopic (exact) mass is 284 g/mol. The normalized spacial score (nSPS) is 11.1. The molecule has 2 amide bonds. The van der Waals surface area contributed by atoms with Gasteiger partial charge < -0.3 is 15.7 Å². The molecule has 0 fully saturated rings. The molecule has 0 unspecified atom stereocenters. The number of carbonyl (C=O) groups is 2. The van der Waals surface area contributed by atoms with Crippen LogP contribution in [0.2, 0.25) is 0 Å². The Morgan fingerprint density at radius 2 is 2.11 bits per heavy atom. The van der Waals surface area contributed by atoms with Crippen molar-refractivity contribution < 1.29 is 14.7 Å². The number of carboxylic acid groups (broad SMARTS) is 1. The largest absolute Gasteiger partial charge is 0.481 e. The lowest BCUT2D eigenvalue weighted by Crippen LogP contribution is -2.42. The van der Waals surface area contributed by atoms with Gasteiger partial charge in [-0.2, -0.15) is 0 Å². The van der Waals surface area contributed by atoms with Gasteiger partial charge in [-0.1, -0.05) is 19.9 Å². The summed E-state index contributed by atoms with van der Waals surface area (Å²) >= 11 is 1.67. The highest BCUT2D eigenvalue weighted by atomic mass is 32.1. The van der Waals surface area contributed by atoms with Crippen molar-refractivity contribution in [1.29, 1.82) is 0 Å². The molecule has 19 heavy (non-hydrogen) atoms. The first-order valence-corrected chi connectivity index (χ1v) is 7.07. The van der Waals surface area contributed by atoms with Gasteiger partial charge >= 0.3 is 12.0 Å². The first kappa shape index (κ1) is 15.5. The molecule has 1 rings (SSSR count). The Morgan fingerprint density at radius 1 is 1.37 bits per heavy atom. The van der Waals surface area contributed by atoms with E-state index in [1.807, 2.05) is 11.4 Å². The van der Waals surface area contributed by atoms with E-state index in [1.165, 1.54) is 4.88 Å². The van der Waals surface area contributed by atoms with Gasteiger partial charge in [-0.15, -0.1) is 11.3 Å². The van der Waals surface area contributed by atoms with Crippen LogP contribution in [0, 0.1) is 0 Å². The van der Waals surface area contributed by atoms with E-state index >= 15 is 0 Å². The van der Waals surface area contributed by atoms with E-state index < -0.39 is 5.97 Å². The van der Waals surface area contributed by atoms with Crippen molar-refractivity contribution in [2.24, 2.45) is 0 Å². The van der Waals surface area contributed by atoms with Gasteiger partial charge in [0.25, 0.3) is 0 Å². The Balaban J connectivity index is 2.24. The summed E-state index contributed by atoms with van der Waals surface area (Å²) in [6.45, 7) is 5.06. The summed E-state index contributed by atoms with van der Waals surface area (Å²) in [4.78, 5) is 23.1. The third-order valence-electron chi connectivity index (χ3n) is 2.73. The minimum absolute atomic E-state index is 0.0704. The molecule has 0 radical (unpaired) electrons. The third-order valence-corrected chi connectivity index (χ3v) is 3.97. The zero-order chi connectivity index (χ0) is 14.3. The van der Waals surface area contributed by atoms with E-state index in [-0.39, 0.29) is 17.9 Å². The Labute approximate surface area is 117 Å². The summed E-state index contributed by atoms with van der Waals surface area (Å²) in [5.41, 5.74) is -0.105. The Bertz CT molecular complexity index is 416. The predicted molar refractivity (Wildman–Crippen MR) is 75.6 cm³/mol. The second-order valence-corrected chi connectivity index (χ2v) is 5.92. The molecule has 1 heterocycles. The van der Waals surface area contributed by atoms with Gasteiger partial charge in [-0.3, -0.25) is 4.79 Å². The van der Waals surface area contributed by atoms with Crippen LogP contribution in [0.3, 0.4) is 0 Å². The predicted octanol–water partition coefficient (Wildman–Crippen LogP) is 2.19. The summed E-state index contributed by atoms with van der Waals surface area (Å²) < 4.78 is 0. The molecule has 0 aromatic carbocycles. The average Bonchev–Trinajstić information content (AvgIpc) is 2.86. The first-order valence-electron chi connectivity index (χ1n) is 6.19. The maximum absolute atomic E-state index is 11.5. The molecule has 6 heteroatoms. The molecule has 3 N–H and O–H groups in total. The summed E-state index contributed by atoms with van der Waals surface area (Å²) in [5.74, 6) is -0.846. The maximum Gasteiger partial charge on any atom is 0.314 e. The Hall–Kier alpha value is -1.56. The number of amides is 2. The molecule has 5 nitrogen and oxygen atoms in total. The van der Waals surface area contributed by atoms with Gasteiger partial charge in [0.2, 0.25) is 0 Å². The van der Waals surface area contributed by atoms with Crippen LogP contribution in [0.25, 0.3) is 0 Å². The molecule has 0 saturated heterocycles. The molecule has 0 saturated carbocycles. The van der Waals surface area contributed by atoms with Crippen LogP contribution in [-0.4, -0.2) is 30.2 Å². The minimum Gasteiger partial charge on any atom is -0.481 e. The zero-order valence-corrected chi connectivity index (χ0v) is 12.0. The summed E-state index contributed by atoms with van der Waals surface area (Å²) in [7, 11) is 0. The lowest BCUT2D eigenvalue weighted by molar-refractivity contribution is -0.137. The number of carboxylic acids is 1. The molecule has 0 spiro atoms. The van der Waals surface area contributed by atoms with E-state index in [1.54, 1.807) is 11.3 Å². The quantitative estimate of drug-likeness (QED) is 0.672. The van der Waals surface area contributed by atoms with Crippen LogP contribution in [0.15, 0.2) is 17.5 Å². The van der Waals surface area contributed by atoms with Crippen molar-refractivity contribution in [3.05, 3.63) is 22.4 Å². The molecule has 1 aromatic rings. The van der Waals surface area contributed by atoms with Crippen molar-refractivity contribution in [1.82, 2.24) is 10.6 Å². The van der Waals surface area contributed by atoms with Crippen LogP contribution < -0.4 is 10.6 Å². The van der Waals surface area contributed by atoms with Gasteiger partial charge in [-0.25, -0.2) is 4.79 Å². The molecule has 0 aliphatic carbocycles. The van der Waals surface area contributed by atoms with Crippen LogP contribution >= 0.6 is 11.3 Å².